The van der Waals surface area contributed by atoms with Gasteiger partial charge >= 0.3 is 0 Å². The lowest BCUT2D eigenvalue weighted by atomic mass is 10.1. The maximum absolute atomic E-state index is 13.8. The number of carbonyl (C=O) groups excluding carboxylic acids is 2. The van der Waals surface area contributed by atoms with Crippen LogP contribution in [0.2, 0.25) is 10.0 Å². The molecule has 0 fully saturated rings. The molecule has 0 saturated carbocycles. The van der Waals surface area contributed by atoms with E-state index >= 15 is 0 Å². The lowest BCUT2D eigenvalue weighted by Crippen LogP contribution is -2.51. The number of amides is 2. The van der Waals surface area contributed by atoms with Crippen LogP contribution in [0.3, 0.4) is 0 Å². The van der Waals surface area contributed by atoms with E-state index in [1.54, 1.807) is 38.1 Å². The zero-order chi connectivity index (χ0) is 27.9. The van der Waals surface area contributed by atoms with Gasteiger partial charge < -0.3 is 15.0 Å². The van der Waals surface area contributed by atoms with Gasteiger partial charge in [0.15, 0.2) is 0 Å². The number of nitrogens with one attached hydrogen (secondary N) is 1. The highest BCUT2D eigenvalue weighted by Crippen LogP contribution is 2.27. The molecule has 202 valence electrons. The Morgan fingerprint density at radius 3 is 2.18 bits per heavy atom. The molecule has 3 rings (SSSR count). The fourth-order valence-electron chi connectivity index (χ4n) is 3.73. The quantitative estimate of drug-likeness (QED) is 0.354. The molecular formula is C27H29Cl2N3O5S. The summed E-state index contributed by atoms with van der Waals surface area (Å²) in [5, 5.41) is 3.55. The van der Waals surface area contributed by atoms with Gasteiger partial charge in [-0.05, 0) is 74.0 Å². The summed E-state index contributed by atoms with van der Waals surface area (Å²) in [5.74, 6) is -0.473. The Kier molecular flexibility index (Phi) is 10.0. The van der Waals surface area contributed by atoms with Gasteiger partial charge in [-0.3, -0.25) is 13.9 Å². The van der Waals surface area contributed by atoms with E-state index < -0.39 is 28.5 Å². The molecule has 11 heteroatoms. The third-order valence-corrected chi connectivity index (χ3v) is 8.27. The van der Waals surface area contributed by atoms with Crippen molar-refractivity contribution in [1.82, 2.24) is 10.2 Å². The van der Waals surface area contributed by atoms with Crippen LogP contribution in [0, 0.1) is 0 Å². The Morgan fingerprint density at radius 1 is 0.974 bits per heavy atom. The first-order valence-corrected chi connectivity index (χ1v) is 14.0. The summed E-state index contributed by atoms with van der Waals surface area (Å²) in [4.78, 5) is 27.8. The summed E-state index contributed by atoms with van der Waals surface area (Å²) in [6.45, 7) is 3.18. The molecule has 1 N–H and O–H groups in total. The number of rotatable bonds is 11. The molecule has 2 amide bonds. The maximum Gasteiger partial charge on any atom is 0.264 e. The Labute approximate surface area is 233 Å². The lowest BCUT2D eigenvalue weighted by molar-refractivity contribution is -0.139. The molecule has 0 radical (unpaired) electrons. The minimum Gasteiger partial charge on any atom is -0.497 e. The molecule has 0 aliphatic heterocycles. The molecule has 0 unspecified atom stereocenters. The summed E-state index contributed by atoms with van der Waals surface area (Å²) < 4.78 is 33.7. The van der Waals surface area contributed by atoms with E-state index in [1.165, 1.54) is 60.5 Å². The molecular weight excluding hydrogens is 549 g/mol. The van der Waals surface area contributed by atoms with Crippen molar-refractivity contribution in [2.24, 2.45) is 0 Å². The van der Waals surface area contributed by atoms with Gasteiger partial charge in [0.05, 0.1) is 17.7 Å². The van der Waals surface area contributed by atoms with Crippen LogP contribution in [-0.4, -0.2) is 51.4 Å². The van der Waals surface area contributed by atoms with E-state index in [0.29, 0.717) is 27.9 Å². The van der Waals surface area contributed by atoms with Crippen molar-refractivity contribution in [3.8, 4) is 5.75 Å². The maximum atomic E-state index is 13.8. The van der Waals surface area contributed by atoms with Crippen molar-refractivity contribution in [2.75, 3.05) is 24.5 Å². The number of benzene rings is 3. The molecule has 0 bridgehead atoms. The average molecular weight is 579 g/mol. The predicted molar refractivity (Wildman–Crippen MR) is 149 cm³/mol. The van der Waals surface area contributed by atoms with Crippen molar-refractivity contribution in [1.29, 1.82) is 0 Å². The summed E-state index contributed by atoms with van der Waals surface area (Å²) in [5.41, 5.74) is 0.858. The average Bonchev–Trinajstić information content (AvgIpc) is 2.91. The summed E-state index contributed by atoms with van der Waals surface area (Å²) in [6, 6.07) is 18.0. The minimum absolute atomic E-state index is 0.00779. The summed E-state index contributed by atoms with van der Waals surface area (Å²) in [7, 11) is -2.72. The normalized spacial score (nSPS) is 11.9. The topological polar surface area (TPSA) is 96.0 Å². The highest BCUT2D eigenvalue weighted by Gasteiger charge is 2.32. The molecule has 0 aliphatic carbocycles. The van der Waals surface area contributed by atoms with Gasteiger partial charge in [0, 0.05) is 23.1 Å². The first-order chi connectivity index (χ1) is 18.1. The molecule has 3 aromatic carbocycles. The number of methoxy groups -OCH3 is 1. The third kappa shape index (κ3) is 6.98. The molecule has 0 aromatic heterocycles. The summed E-state index contributed by atoms with van der Waals surface area (Å²) in [6.07, 6.45) is 0. The Balaban J connectivity index is 2.03. The number of ether oxygens (including phenoxy) is 1. The SMILES string of the molecule is CCNC(=O)[C@@H](C)N(Cc1ccccc1Cl)C(=O)CN(c1ccc(Cl)cc1)S(=O)(=O)c1ccc(OC)cc1. The minimum atomic E-state index is -4.20. The second-order valence-electron chi connectivity index (χ2n) is 8.35. The number of hydrogen-bond donors (Lipinski definition) is 1. The molecule has 38 heavy (non-hydrogen) atoms. The predicted octanol–water partition coefficient (Wildman–Crippen LogP) is 4.75. The van der Waals surface area contributed by atoms with Gasteiger partial charge in [-0.15, -0.1) is 0 Å². The van der Waals surface area contributed by atoms with Crippen LogP contribution in [-0.2, 0) is 26.2 Å². The number of likely N-dealkylation sites (N-methyl/N-ethyl adjacent to an activating group) is 1. The molecule has 3 aromatic rings. The van der Waals surface area contributed by atoms with E-state index in [1.807, 2.05) is 0 Å². The molecule has 8 nitrogen and oxygen atoms in total. The monoisotopic (exact) mass is 577 g/mol. The van der Waals surface area contributed by atoms with Gasteiger partial charge in [0.25, 0.3) is 10.0 Å². The molecule has 1 atom stereocenters. The number of nitrogens with zero attached hydrogens (tertiary/aromatic N) is 2. The van der Waals surface area contributed by atoms with Crippen LogP contribution in [0.4, 0.5) is 5.69 Å². The largest absolute Gasteiger partial charge is 0.497 e. The second kappa shape index (κ2) is 13.0. The molecule has 0 heterocycles. The molecule has 0 saturated heterocycles. The van der Waals surface area contributed by atoms with Crippen molar-refractivity contribution in [2.45, 2.75) is 31.3 Å². The van der Waals surface area contributed by atoms with Crippen molar-refractivity contribution < 1.29 is 22.7 Å². The van der Waals surface area contributed by atoms with Gasteiger partial charge in [-0.1, -0.05) is 41.4 Å². The zero-order valence-electron chi connectivity index (χ0n) is 21.2. The van der Waals surface area contributed by atoms with E-state index in [-0.39, 0.29) is 23.0 Å². The fourth-order valence-corrected chi connectivity index (χ4v) is 5.46. The van der Waals surface area contributed by atoms with Gasteiger partial charge in [0.1, 0.15) is 18.3 Å². The highest BCUT2D eigenvalue weighted by molar-refractivity contribution is 7.92. The highest BCUT2D eigenvalue weighted by atomic mass is 35.5. The number of sulfonamides is 1. The number of hydrogen-bond acceptors (Lipinski definition) is 5. The molecule has 0 spiro atoms. The fraction of sp³-hybridized carbons (Fsp3) is 0.259. The third-order valence-electron chi connectivity index (χ3n) is 5.86. The second-order valence-corrected chi connectivity index (χ2v) is 11.1. The number of halogens is 2. The van der Waals surface area contributed by atoms with Crippen LogP contribution < -0.4 is 14.4 Å². The first-order valence-electron chi connectivity index (χ1n) is 11.8. The van der Waals surface area contributed by atoms with E-state index in [9.17, 15) is 18.0 Å². The Hall–Kier alpha value is -3.27. The first kappa shape index (κ1) is 29.3. The summed E-state index contributed by atoms with van der Waals surface area (Å²) >= 11 is 12.4. The van der Waals surface area contributed by atoms with Crippen molar-refractivity contribution in [3.05, 3.63) is 88.4 Å². The van der Waals surface area contributed by atoms with Crippen LogP contribution in [0.1, 0.15) is 19.4 Å². The van der Waals surface area contributed by atoms with E-state index in [4.69, 9.17) is 27.9 Å². The Bertz CT molecular complexity index is 1370. The van der Waals surface area contributed by atoms with Gasteiger partial charge in [-0.2, -0.15) is 0 Å². The smallest absolute Gasteiger partial charge is 0.264 e. The number of anilines is 1. The van der Waals surface area contributed by atoms with Crippen LogP contribution in [0.5, 0.6) is 5.75 Å². The van der Waals surface area contributed by atoms with E-state index in [2.05, 4.69) is 5.32 Å². The standard InChI is InChI=1S/C27H29Cl2N3O5S/c1-4-30-27(34)19(2)31(17-20-7-5-6-8-25(20)29)26(33)18-32(22-11-9-21(28)10-12-22)38(35,36)24-15-13-23(37-3)14-16-24/h5-16,19H,4,17-18H2,1-3H3,(H,30,34)/t19-/m1/s1. The van der Waals surface area contributed by atoms with Crippen LogP contribution in [0.25, 0.3) is 0 Å². The zero-order valence-corrected chi connectivity index (χ0v) is 23.6. The van der Waals surface area contributed by atoms with Crippen LogP contribution >= 0.6 is 23.2 Å². The van der Waals surface area contributed by atoms with Crippen molar-refractivity contribution >= 4 is 50.7 Å². The van der Waals surface area contributed by atoms with Crippen LogP contribution in [0.15, 0.2) is 77.7 Å². The number of carbonyl (C=O) groups is 2. The van der Waals surface area contributed by atoms with Gasteiger partial charge in [-0.25, -0.2) is 8.42 Å². The van der Waals surface area contributed by atoms with Crippen molar-refractivity contribution in [3.63, 3.8) is 0 Å². The molecule has 0 aliphatic rings. The lowest BCUT2D eigenvalue weighted by Gasteiger charge is -2.32. The van der Waals surface area contributed by atoms with E-state index in [0.717, 1.165) is 4.31 Å². The Morgan fingerprint density at radius 2 is 1.61 bits per heavy atom. The van der Waals surface area contributed by atoms with Gasteiger partial charge in [0.2, 0.25) is 11.8 Å².